The largest absolute Gasteiger partial charge is 0.492 e. The van der Waals surface area contributed by atoms with Crippen LogP contribution in [0.4, 0.5) is 5.13 Å². The van der Waals surface area contributed by atoms with Gasteiger partial charge in [0, 0.05) is 25.2 Å². The maximum atomic E-state index is 13.7. The van der Waals surface area contributed by atoms with Crippen LogP contribution in [-0.4, -0.2) is 75.4 Å². The first-order valence-corrected chi connectivity index (χ1v) is 15.1. The summed E-state index contributed by atoms with van der Waals surface area (Å²) >= 11 is 1.45. The molecule has 0 atom stereocenters. The third-order valence-electron chi connectivity index (χ3n) is 6.62. The number of sulfonamides is 1. The first-order valence-electron chi connectivity index (χ1n) is 12.8. The lowest BCUT2D eigenvalue weighted by molar-refractivity contribution is 0.0986. The summed E-state index contributed by atoms with van der Waals surface area (Å²) in [5.74, 6) is 1.04. The highest BCUT2D eigenvalue weighted by Crippen LogP contribution is 2.35. The van der Waals surface area contributed by atoms with Crippen LogP contribution in [0, 0.1) is 5.92 Å². The Labute approximate surface area is 236 Å². The zero-order valence-corrected chi connectivity index (χ0v) is 24.9. The van der Waals surface area contributed by atoms with Crippen LogP contribution in [0.5, 0.6) is 5.75 Å². The summed E-state index contributed by atoms with van der Waals surface area (Å²) in [4.78, 5) is 22.5. The summed E-state index contributed by atoms with van der Waals surface area (Å²) in [5, 5.41) is 0.602. The number of fused-ring (bicyclic) bond motifs is 1. The van der Waals surface area contributed by atoms with E-state index in [4.69, 9.17) is 9.72 Å². The molecule has 2 heterocycles. The summed E-state index contributed by atoms with van der Waals surface area (Å²) < 4.78 is 34.5. The van der Waals surface area contributed by atoms with Crippen molar-refractivity contribution in [1.82, 2.24) is 14.2 Å². The van der Waals surface area contributed by atoms with E-state index in [9.17, 15) is 13.2 Å². The second kappa shape index (κ2) is 13.2. The Morgan fingerprint density at radius 1 is 1.11 bits per heavy atom. The van der Waals surface area contributed by atoms with Crippen molar-refractivity contribution in [3.63, 3.8) is 0 Å². The van der Waals surface area contributed by atoms with Crippen molar-refractivity contribution in [1.29, 1.82) is 0 Å². The number of rotatable bonds is 10. The van der Waals surface area contributed by atoms with Crippen molar-refractivity contribution in [2.45, 2.75) is 38.0 Å². The van der Waals surface area contributed by atoms with Gasteiger partial charge in [-0.3, -0.25) is 9.69 Å². The average molecular weight is 581 g/mol. The molecule has 3 aromatic rings. The number of nitrogens with zero attached hydrogens (tertiary/aromatic N) is 4. The summed E-state index contributed by atoms with van der Waals surface area (Å²) in [7, 11) is 0.428. The fourth-order valence-corrected chi connectivity index (χ4v) is 6.90. The molecule has 0 unspecified atom stereocenters. The van der Waals surface area contributed by atoms with Crippen LogP contribution >= 0.6 is 23.7 Å². The number of thiazole rings is 1. The lowest BCUT2D eigenvalue weighted by atomic mass is 10.0. The van der Waals surface area contributed by atoms with Crippen molar-refractivity contribution in [3.8, 4) is 5.75 Å². The molecule has 1 fully saturated rings. The normalized spacial score (nSPS) is 15.0. The number of halogens is 1. The van der Waals surface area contributed by atoms with Crippen molar-refractivity contribution in [3.05, 3.63) is 48.0 Å². The summed E-state index contributed by atoms with van der Waals surface area (Å²) in [5.41, 5.74) is 1.17. The van der Waals surface area contributed by atoms with E-state index in [0.29, 0.717) is 48.6 Å². The highest BCUT2D eigenvalue weighted by molar-refractivity contribution is 7.89. The molecule has 38 heavy (non-hydrogen) atoms. The minimum absolute atomic E-state index is 0. The fraction of sp³-hybridized carbons (Fsp3) is 0.481. The maximum Gasteiger partial charge on any atom is 0.260 e. The lowest BCUT2D eigenvalue weighted by Gasteiger charge is -2.29. The molecule has 208 valence electrons. The van der Waals surface area contributed by atoms with Gasteiger partial charge < -0.3 is 9.64 Å². The van der Waals surface area contributed by atoms with E-state index >= 15 is 0 Å². The van der Waals surface area contributed by atoms with Gasteiger partial charge in [0.15, 0.2) is 5.13 Å². The van der Waals surface area contributed by atoms with E-state index in [0.717, 1.165) is 36.0 Å². The van der Waals surface area contributed by atoms with E-state index in [1.54, 1.807) is 33.5 Å². The Kier molecular flexibility index (Phi) is 10.5. The number of hydrogen-bond donors (Lipinski definition) is 0. The van der Waals surface area contributed by atoms with E-state index in [1.807, 2.05) is 39.2 Å². The van der Waals surface area contributed by atoms with Gasteiger partial charge in [-0.1, -0.05) is 24.3 Å². The third kappa shape index (κ3) is 6.84. The van der Waals surface area contributed by atoms with E-state index in [2.05, 4.69) is 11.8 Å². The molecule has 1 amide bonds. The molecule has 0 N–H and O–H groups in total. The maximum absolute atomic E-state index is 13.7. The zero-order valence-electron chi connectivity index (χ0n) is 22.4. The van der Waals surface area contributed by atoms with Gasteiger partial charge in [-0.2, -0.15) is 4.31 Å². The molecular formula is C27H37ClN4O4S2. The second-order valence-electron chi connectivity index (χ2n) is 9.76. The van der Waals surface area contributed by atoms with Gasteiger partial charge in [0.1, 0.15) is 11.3 Å². The molecular weight excluding hydrogens is 544 g/mol. The highest BCUT2D eigenvalue weighted by atomic mass is 35.5. The number of amides is 1. The van der Waals surface area contributed by atoms with Crippen LogP contribution in [0.2, 0.25) is 0 Å². The van der Waals surface area contributed by atoms with Crippen LogP contribution < -0.4 is 9.64 Å². The average Bonchev–Trinajstić information content (AvgIpc) is 3.32. The standard InChI is InChI=1S/C27H36N4O4S2.ClH/c1-5-35-23-8-6-9-24-25(23)28-27(36-24)31(17-7-16-29(3)4)26(32)21-10-12-22(13-11-21)37(33,34)30-18-14-20(2)15-19-30;/h6,8-13,20H,5,7,14-19H2,1-4H3;1H. The van der Waals surface area contributed by atoms with Gasteiger partial charge in [0.2, 0.25) is 10.0 Å². The van der Waals surface area contributed by atoms with E-state index in [1.165, 1.54) is 11.3 Å². The number of carbonyl (C=O) groups excluding carboxylic acids is 1. The number of benzene rings is 2. The number of anilines is 1. The molecule has 0 spiro atoms. The Balaban J connectivity index is 0.00000400. The molecule has 11 heteroatoms. The van der Waals surface area contributed by atoms with Gasteiger partial charge in [0.25, 0.3) is 5.91 Å². The molecule has 0 radical (unpaired) electrons. The first kappa shape index (κ1) is 30.3. The predicted octanol–water partition coefficient (Wildman–Crippen LogP) is 5.14. The van der Waals surface area contributed by atoms with Gasteiger partial charge in [0.05, 0.1) is 16.2 Å². The minimum atomic E-state index is -3.57. The fourth-order valence-electron chi connectivity index (χ4n) is 4.43. The lowest BCUT2D eigenvalue weighted by Crippen LogP contribution is -2.38. The Bertz CT molecular complexity index is 1320. The third-order valence-corrected chi connectivity index (χ3v) is 9.57. The molecule has 4 rings (SSSR count). The van der Waals surface area contributed by atoms with E-state index < -0.39 is 10.0 Å². The van der Waals surface area contributed by atoms with Crippen LogP contribution in [0.15, 0.2) is 47.4 Å². The summed E-state index contributed by atoms with van der Waals surface area (Å²) in [6.45, 7) is 6.99. The Morgan fingerprint density at radius 2 is 1.79 bits per heavy atom. The van der Waals surface area contributed by atoms with Gasteiger partial charge >= 0.3 is 0 Å². The van der Waals surface area contributed by atoms with Gasteiger partial charge in [-0.05, 0) is 89.1 Å². The van der Waals surface area contributed by atoms with Crippen LogP contribution in [0.3, 0.4) is 0 Å². The van der Waals surface area contributed by atoms with Crippen LogP contribution in [0.1, 0.15) is 43.5 Å². The van der Waals surface area contributed by atoms with Crippen LogP contribution in [0.25, 0.3) is 10.2 Å². The molecule has 1 aliphatic heterocycles. The summed E-state index contributed by atoms with van der Waals surface area (Å²) in [6, 6.07) is 12.1. The Hall–Kier alpha value is -2.24. The number of hydrogen-bond acceptors (Lipinski definition) is 7. The Morgan fingerprint density at radius 3 is 2.42 bits per heavy atom. The molecule has 8 nitrogen and oxygen atoms in total. The van der Waals surface area contributed by atoms with Crippen molar-refractivity contribution in [2.24, 2.45) is 5.92 Å². The number of para-hydroxylation sites is 1. The molecule has 0 aliphatic carbocycles. The van der Waals surface area contributed by atoms with Crippen molar-refractivity contribution in [2.75, 3.05) is 51.8 Å². The predicted molar refractivity (Wildman–Crippen MR) is 156 cm³/mol. The number of aromatic nitrogens is 1. The monoisotopic (exact) mass is 580 g/mol. The quantitative estimate of drug-likeness (QED) is 0.330. The van der Waals surface area contributed by atoms with Crippen LogP contribution in [-0.2, 0) is 10.0 Å². The number of piperidine rings is 1. The van der Waals surface area contributed by atoms with Gasteiger partial charge in [-0.25, -0.2) is 13.4 Å². The molecule has 1 aliphatic rings. The molecule has 1 aromatic heterocycles. The first-order chi connectivity index (χ1) is 17.7. The van der Waals surface area contributed by atoms with Gasteiger partial charge in [-0.15, -0.1) is 12.4 Å². The molecule has 0 bridgehead atoms. The SMILES string of the molecule is CCOc1cccc2sc(N(CCCN(C)C)C(=O)c3ccc(S(=O)(=O)N4CCC(C)CC4)cc3)nc12.Cl. The topological polar surface area (TPSA) is 83.0 Å². The summed E-state index contributed by atoms with van der Waals surface area (Å²) in [6.07, 6.45) is 2.50. The molecule has 1 saturated heterocycles. The second-order valence-corrected chi connectivity index (χ2v) is 12.7. The zero-order chi connectivity index (χ0) is 26.6. The van der Waals surface area contributed by atoms with Crippen molar-refractivity contribution >= 4 is 55.0 Å². The highest BCUT2D eigenvalue weighted by Gasteiger charge is 2.29. The molecule has 2 aromatic carbocycles. The smallest absolute Gasteiger partial charge is 0.260 e. The number of ether oxygens (including phenoxy) is 1. The number of carbonyl (C=O) groups is 1. The van der Waals surface area contributed by atoms with E-state index in [-0.39, 0.29) is 23.2 Å². The van der Waals surface area contributed by atoms with Crippen molar-refractivity contribution < 1.29 is 17.9 Å². The minimum Gasteiger partial charge on any atom is -0.492 e. The molecule has 0 saturated carbocycles.